The van der Waals surface area contributed by atoms with Crippen LogP contribution in [0.25, 0.3) is 11.0 Å². The molecule has 3 heterocycles. The number of piperidine rings is 1. The van der Waals surface area contributed by atoms with Crippen LogP contribution in [0, 0.1) is 6.92 Å². The van der Waals surface area contributed by atoms with E-state index in [9.17, 15) is 0 Å². The van der Waals surface area contributed by atoms with Gasteiger partial charge in [-0.05, 0) is 50.3 Å². The normalized spacial score (nSPS) is 23.9. The third kappa shape index (κ3) is 3.32. The fraction of sp³-hybridized carbons (Fsp3) is 0.579. The first-order chi connectivity index (χ1) is 11.2. The molecule has 4 rings (SSSR count). The number of hydrogen-bond donors (Lipinski definition) is 0. The summed E-state index contributed by atoms with van der Waals surface area (Å²) in [6.07, 6.45) is 6.64. The maximum atomic E-state index is 6.05. The summed E-state index contributed by atoms with van der Waals surface area (Å²) in [6, 6.07) is 6.23. The van der Waals surface area contributed by atoms with Gasteiger partial charge in [-0.15, -0.1) is 0 Å². The molecule has 0 aliphatic carbocycles. The molecule has 4 heteroatoms. The molecule has 0 bridgehead atoms. The Balaban J connectivity index is 0.000000753. The highest BCUT2D eigenvalue weighted by atomic mass is 16.5. The number of benzene rings is 1. The number of rotatable bonds is 1. The van der Waals surface area contributed by atoms with Crippen molar-refractivity contribution in [1.29, 1.82) is 0 Å². The minimum atomic E-state index is 0.0709. The van der Waals surface area contributed by atoms with E-state index in [-0.39, 0.29) is 5.60 Å². The lowest BCUT2D eigenvalue weighted by molar-refractivity contribution is -0.00635. The maximum absolute atomic E-state index is 6.05. The van der Waals surface area contributed by atoms with Crippen molar-refractivity contribution in [2.24, 2.45) is 0 Å². The predicted octanol–water partition coefficient (Wildman–Crippen LogP) is 4.11. The van der Waals surface area contributed by atoms with Gasteiger partial charge >= 0.3 is 0 Å². The lowest BCUT2D eigenvalue weighted by Gasteiger charge is -2.40. The van der Waals surface area contributed by atoms with Crippen molar-refractivity contribution in [3.05, 3.63) is 30.0 Å². The second-order valence-electron chi connectivity index (χ2n) is 6.38. The second-order valence-corrected chi connectivity index (χ2v) is 6.38. The average molecular weight is 313 g/mol. The first-order valence-electron chi connectivity index (χ1n) is 8.87. The Labute approximate surface area is 138 Å². The fourth-order valence-electron chi connectivity index (χ4n) is 3.63. The van der Waals surface area contributed by atoms with Gasteiger partial charge in [0.15, 0.2) is 0 Å². The van der Waals surface area contributed by atoms with Gasteiger partial charge < -0.3 is 9.64 Å². The summed E-state index contributed by atoms with van der Waals surface area (Å²) in [7, 11) is 0. The van der Waals surface area contributed by atoms with E-state index in [1.807, 2.05) is 26.1 Å². The molecule has 1 aromatic carbocycles. The summed E-state index contributed by atoms with van der Waals surface area (Å²) < 4.78 is 6.05. The number of ether oxygens (including phenoxy) is 1. The van der Waals surface area contributed by atoms with E-state index in [0.717, 1.165) is 36.5 Å². The van der Waals surface area contributed by atoms with Gasteiger partial charge in [0, 0.05) is 19.7 Å². The van der Waals surface area contributed by atoms with Crippen molar-refractivity contribution in [3.8, 4) is 0 Å². The summed E-state index contributed by atoms with van der Waals surface area (Å²) >= 11 is 0. The molecular weight excluding hydrogens is 286 g/mol. The number of nitrogens with zero attached hydrogens (tertiary/aromatic N) is 3. The number of aryl methyl sites for hydroxylation is 1. The van der Waals surface area contributed by atoms with E-state index in [1.54, 1.807) is 0 Å². The van der Waals surface area contributed by atoms with Gasteiger partial charge in [-0.3, -0.25) is 4.98 Å². The highest BCUT2D eigenvalue weighted by Gasteiger charge is 2.39. The Morgan fingerprint density at radius 2 is 1.96 bits per heavy atom. The molecule has 1 unspecified atom stereocenters. The molecule has 2 aliphatic heterocycles. The van der Waals surface area contributed by atoms with Crippen molar-refractivity contribution in [2.45, 2.75) is 52.1 Å². The van der Waals surface area contributed by atoms with Crippen LogP contribution in [0.4, 0.5) is 5.82 Å². The molecule has 0 N–H and O–H groups in total. The van der Waals surface area contributed by atoms with E-state index >= 15 is 0 Å². The molecule has 1 spiro atoms. The molecule has 2 saturated heterocycles. The second kappa shape index (κ2) is 6.83. The first-order valence-corrected chi connectivity index (χ1v) is 8.87. The Morgan fingerprint density at radius 3 is 2.74 bits per heavy atom. The third-order valence-corrected chi connectivity index (χ3v) is 4.73. The van der Waals surface area contributed by atoms with E-state index in [4.69, 9.17) is 9.72 Å². The largest absolute Gasteiger partial charge is 0.373 e. The van der Waals surface area contributed by atoms with Crippen molar-refractivity contribution < 1.29 is 4.74 Å². The van der Waals surface area contributed by atoms with Crippen LogP contribution >= 0.6 is 0 Å². The summed E-state index contributed by atoms with van der Waals surface area (Å²) in [5.41, 5.74) is 3.25. The van der Waals surface area contributed by atoms with Crippen LogP contribution in [0.15, 0.2) is 24.4 Å². The Bertz CT molecular complexity index is 665. The van der Waals surface area contributed by atoms with Gasteiger partial charge in [-0.2, -0.15) is 0 Å². The van der Waals surface area contributed by atoms with Gasteiger partial charge in [0.05, 0.1) is 22.8 Å². The van der Waals surface area contributed by atoms with E-state index < -0.39 is 0 Å². The van der Waals surface area contributed by atoms with Crippen molar-refractivity contribution >= 4 is 16.9 Å². The lowest BCUT2D eigenvalue weighted by atomic mass is 9.90. The topological polar surface area (TPSA) is 38.2 Å². The fourth-order valence-corrected chi connectivity index (χ4v) is 3.63. The molecule has 2 fully saturated rings. The molecule has 23 heavy (non-hydrogen) atoms. The Hall–Kier alpha value is -1.68. The van der Waals surface area contributed by atoms with Crippen LogP contribution in [0.3, 0.4) is 0 Å². The van der Waals surface area contributed by atoms with Gasteiger partial charge in [0.1, 0.15) is 5.82 Å². The number of fused-ring (bicyclic) bond motifs is 1. The van der Waals surface area contributed by atoms with Crippen LogP contribution < -0.4 is 4.90 Å². The van der Waals surface area contributed by atoms with Crippen LogP contribution in [0.5, 0.6) is 0 Å². The third-order valence-electron chi connectivity index (χ3n) is 4.73. The smallest absolute Gasteiger partial charge is 0.147 e. The molecule has 0 radical (unpaired) electrons. The number of aromatic nitrogens is 2. The van der Waals surface area contributed by atoms with Crippen LogP contribution in [0.2, 0.25) is 0 Å². The standard InChI is InChI=1S/C17H21N3O.C2H6/c1-13-4-5-14-15(10-13)19-16(11-18-14)20-8-2-6-17(12-20)7-3-9-21-17;1-2/h4-5,10-11H,2-3,6-9,12H2,1H3;1-2H3. The lowest BCUT2D eigenvalue weighted by Crippen LogP contribution is -2.48. The van der Waals surface area contributed by atoms with Gasteiger partial charge in [-0.25, -0.2) is 4.98 Å². The van der Waals surface area contributed by atoms with Gasteiger partial charge in [0.25, 0.3) is 0 Å². The summed E-state index contributed by atoms with van der Waals surface area (Å²) in [4.78, 5) is 11.7. The number of hydrogen-bond acceptors (Lipinski definition) is 4. The molecule has 2 aliphatic rings. The van der Waals surface area contributed by atoms with E-state index in [0.29, 0.717) is 0 Å². The molecule has 0 saturated carbocycles. The summed E-state index contributed by atoms with van der Waals surface area (Å²) in [5.74, 6) is 0.989. The highest BCUT2D eigenvalue weighted by Crippen LogP contribution is 2.35. The average Bonchev–Trinajstić information content (AvgIpc) is 3.03. The zero-order valence-corrected chi connectivity index (χ0v) is 14.5. The van der Waals surface area contributed by atoms with Gasteiger partial charge in [0.2, 0.25) is 0 Å². The maximum Gasteiger partial charge on any atom is 0.147 e. The molecule has 1 atom stereocenters. The van der Waals surface area contributed by atoms with Crippen molar-refractivity contribution in [2.75, 3.05) is 24.6 Å². The quantitative estimate of drug-likeness (QED) is 0.794. The highest BCUT2D eigenvalue weighted by molar-refractivity contribution is 5.76. The molecule has 124 valence electrons. The first kappa shape index (κ1) is 16.2. The molecule has 4 nitrogen and oxygen atoms in total. The molecular formula is C19H27N3O. The number of anilines is 1. The predicted molar refractivity (Wildman–Crippen MR) is 95.0 cm³/mol. The van der Waals surface area contributed by atoms with Crippen molar-refractivity contribution in [1.82, 2.24) is 9.97 Å². The van der Waals surface area contributed by atoms with E-state index in [2.05, 4.69) is 28.9 Å². The van der Waals surface area contributed by atoms with Crippen molar-refractivity contribution in [3.63, 3.8) is 0 Å². The Morgan fingerprint density at radius 1 is 1.13 bits per heavy atom. The monoisotopic (exact) mass is 313 g/mol. The summed E-state index contributed by atoms with van der Waals surface area (Å²) in [5, 5.41) is 0. The zero-order valence-electron chi connectivity index (χ0n) is 14.5. The minimum Gasteiger partial charge on any atom is -0.373 e. The zero-order chi connectivity index (χ0) is 16.3. The molecule has 1 aromatic heterocycles. The van der Waals surface area contributed by atoms with Crippen LogP contribution in [0.1, 0.15) is 45.1 Å². The Kier molecular flexibility index (Phi) is 4.81. The SMILES string of the molecule is CC.Cc1ccc2ncc(N3CCCC4(CCCO4)C3)nc2c1. The van der Waals surface area contributed by atoms with Gasteiger partial charge in [-0.1, -0.05) is 19.9 Å². The summed E-state index contributed by atoms with van der Waals surface area (Å²) in [6.45, 7) is 9.02. The molecule has 0 amide bonds. The molecule has 2 aromatic rings. The van der Waals surface area contributed by atoms with Crippen LogP contribution in [-0.2, 0) is 4.74 Å². The minimum absolute atomic E-state index is 0.0709. The van der Waals surface area contributed by atoms with Crippen LogP contribution in [-0.4, -0.2) is 35.3 Å². The van der Waals surface area contributed by atoms with E-state index in [1.165, 1.54) is 31.2 Å².